The van der Waals surface area contributed by atoms with Gasteiger partial charge in [-0.3, -0.25) is 9.59 Å². The predicted molar refractivity (Wildman–Crippen MR) is 149 cm³/mol. The fraction of sp³-hybridized carbons (Fsp3) is 0.464. The highest BCUT2D eigenvalue weighted by molar-refractivity contribution is 7.98. The quantitative estimate of drug-likeness (QED) is 0.397. The average Bonchev–Trinajstić information content (AvgIpc) is 2.83. The molecule has 0 fully saturated rings. The molecular weight excluding hydrogens is 490 g/mol. The first-order valence-electron chi connectivity index (χ1n) is 12.3. The standard InChI is InChI=1S/C28H39N3O5S/c1-19-11-10-12-20(2)23(19)30-25(33)24(21-13-8-7-9-14-21)31(16-17-32)26(34)22(15-18-37-6)29-27(35)36-28(3,4)5/h7-14,22,24,32H,15-18H2,1-6H3,(H,29,35)(H,30,33). The van der Waals surface area contributed by atoms with Crippen molar-refractivity contribution < 1.29 is 24.2 Å². The van der Waals surface area contributed by atoms with Gasteiger partial charge in [0.2, 0.25) is 5.91 Å². The van der Waals surface area contributed by atoms with Gasteiger partial charge in [0.25, 0.3) is 5.91 Å². The number of alkyl carbamates (subject to hydrolysis) is 1. The third kappa shape index (κ3) is 9.09. The number of carbonyl (C=O) groups is 3. The van der Waals surface area contributed by atoms with E-state index in [0.717, 1.165) is 11.1 Å². The number of aliphatic hydroxyl groups excluding tert-OH is 1. The van der Waals surface area contributed by atoms with Crippen molar-refractivity contribution in [1.82, 2.24) is 10.2 Å². The SMILES string of the molecule is CSCCC(NC(=O)OC(C)(C)C)C(=O)N(CCO)C(C(=O)Nc1c(C)cccc1C)c1ccccc1. The lowest BCUT2D eigenvalue weighted by Crippen LogP contribution is -2.53. The lowest BCUT2D eigenvalue weighted by atomic mass is 10.0. The summed E-state index contributed by atoms with van der Waals surface area (Å²) in [6.45, 7) is 8.59. The maximum absolute atomic E-state index is 13.9. The molecule has 37 heavy (non-hydrogen) atoms. The van der Waals surface area contributed by atoms with Crippen molar-refractivity contribution in [2.45, 2.75) is 58.7 Å². The van der Waals surface area contributed by atoms with Crippen LogP contribution in [-0.2, 0) is 14.3 Å². The van der Waals surface area contributed by atoms with Crippen molar-refractivity contribution in [2.75, 3.05) is 30.5 Å². The van der Waals surface area contributed by atoms with Crippen LogP contribution in [0, 0.1) is 13.8 Å². The first-order chi connectivity index (χ1) is 17.5. The van der Waals surface area contributed by atoms with Crippen molar-refractivity contribution in [3.05, 3.63) is 65.2 Å². The largest absolute Gasteiger partial charge is 0.444 e. The number of thioether (sulfide) groups is 1. The Morgan fingerprint density at radius 2 is 1.65 bits per heavy atom. The maximum Gasteiger partial charge on any atom is 0.408 e. The number of amides is 3. The van der Waals surface area contributed by atoms with Crippen LogP contribution in [0.2, 0.25) is 0 Å². The maximum atomic E-state index is 13.9. The van der Waals surface area contributed by atoms with E-state index in [1.807, 2.05) is 44.4 Å². The molecule has 2 rings (SSSR count). The molecule has 0 saturated heterocycles. The van der Waals surface area contributed by atoms with Crippen molar-refractivity contribution in [2.24, 2.45) is 0 Å². The van der Waals surface area contributed by atoms with Crippen LogP contribution in [0.4, 0.5) is 10.5 Å². The number of nitrogens with zero attached hydrogens (tertiary/aromatic N) is 1. The van der Waals surface area contributed by atoms with Crippen molar-refractivity contribution in [3.8, 4) is 0 Å². The Labute approximate surface area is 224 Å². The van der Waals surface area contributed by atoms with E-state index in [0.29, 0.717) is 23.4 Å². The monoisotopic (exact) mass is 529 g/mol. The molecule has 0 saturated carbocycles. The smallest absolute Gasteiger partial charge is 0.408 e. The highest BCUT2D eigenvalue weighted by Gasteiger charge is 2.36. The van der Waals surface area contributed by atoms with Crippen LogP contribution in [-0.4, -0.2) is 64.7 Å². The van der Waals surface area contributed by atoms with E-state index in [1.165, 1.54) is 16.7 Å². The van der Waals surface area contributed by atoms with Gasteiger partial charge in [0.15, 0.2) is 0 Å². The van der Waals surface area contributed by atoms with Gasteiger partial charge in [-0.25, -0.2) is 4.79 Å². The molecule has 2 aromatic rings. The van der Waals surface area contributed by atoms with Crippen LogP contribution in [0.1, 0.15) is 49.9 Å². The number of para-hydroxylation sites is 1. The topological polar surface area (TPSA) is 108 Å². The minimum atomic E-state index is -1.03. The summed E-state index contributed by atoms with van der Waals surface area (Å²) in [6, 6.07) is 12.7. The Kier molecular flexibility index (Phi) is 11.5. The van der Waals surface area contributed by atoms with E-state index in [-0.39, 0.29) is 13.2 Å². The van der Waals surface area contributed by atoms with Gasteiger partial charge >= 0.3 is 6.09 Å². The van der Waals surface area contributed by atoms with Gasteiger partial charge < -0.3 is 25.4 Å². The normalized spacial score (nSPS) is 12.8. The fourth-order valence-corrected chi connectivity index (χ4v) is 4.40. The zero-order valence-electron chi connectivity index (χ0n) is 22.5. The highest BCUT2D eigenvalue weighted by atomic mass is 32.2. The summed E-state index contributed by atoms with van der Waals surface area (Å²) in [4.78, 5) is 41.6. The van der Waals surface area contributed by atoms with Crippen LogP contribution in [0.5, 0.6) is 0 Å². The Morgan fingerprint density at radius 3 is 2.19 bits per heavy atom. The first kappa shape index (κ1) is 30.2. The van der Waals surface area contributed by atoms with E-state index >= 15 is 0 Å². The molecule has 0 aliphatic heterocycles. The second-order valence-corrected chi connectivity index (χ2v) is 10.8. The highest BCUT2D eigenvalue weighted by Crippen LogP contribution is 2.27. The molecule has 8 nitrogen and oxygen atoms in total. The summed E-state index contributed by atoms with van der Waals surface area (Å²) in [6.07, 6.45) is 1.53. The van der Waals surface area contributed by atoms with Gasteiger partial charge in [0.1, 0.15) is 17.7 Å². The molecule has 2 atom stereocenters. The minimum Gasteiger partial charge on any atom is -0.444 e. The van der Waals surface area contributed by atoms with Gasteiger partial charge in [0, 0.05) is 12.2 Å². The van der Waals surface area contributed by atoms with Gasteiger partial charge in [-0.15, -0.1) is 0 Å². The Hall–Kier alpha value is -3.04. The molecule has 0 aromatic heterocycles. The van der Waals surface area contributed by atoms with Gasteiger partial charge in [-0.2, -0.15) is 11.8 Å². The van der Waals surface area contributed by atoms with Crippen LogP contribution < -0.4 is 10.6 Å². The van der Waals surface area contributed by atoms with Crippen LogP contribution >= 0.6 is 11.8 Å². The van der Waals surface area contributed by atoms with Crippen LogP contribution in [0.15, 0.2) is 48.5 Å². The molecule has 0 bridgehead atoms. The number of carbonyl (C=O) groups excluding carboxylic acids is 3. The average molecular weight is 530 g/mol. The number of nitrogens with one attached hydrogen (secondary N) is 2. The number of ether oxygens (including phenoxy) is 1. The van der Waals surface area contributed by atoms with E-state index in [9.17, 15) is 19.5 Å². The van der Waals surface area contributed by atoms with Crippen LogP contribution in [0.25, 0.3) is 0 Å². The van der Waals surface area contributed by atoms with E-state index in [2.05, 4.69) is 10.6 Å². The number of hydrogen-bond acceptors (Lipinski definition) is 6. The number of anilines is 1. The molecule has 3 N–H and O–H groups in total. The lowest BCUT2D eigenvalue weighted by molar-refractivity contribution is -0.141. The molecule has 2 unspecified atom stereocenters. The summed E-state index contributed by atoms with van der Waals surface area (Å²) in [5.41, 5.74) is 2.32. The van der Waals surface area contributed by atoms with Gasteiger partial charge in [-0.05, 0) is 69.7 Å². The molecule has 3 amide bonds. The minimum absolute atomic E-state index is 0.0929. The summed E-state index contributed by atoms with van der Waals surface area (Å²) in [5, 5.41) is 15.6. The van der Waals surface area contributed by atoms with Crippen LogP contribution in [0.3, 0.4) is 0 Å². The first-order valence-corrected chi connectivity index (χ1v) is 13.7. The Bertz CT molecular complexity index is 1040. The zero-order valence-corrected chi connectivity index (χ0v) is 23.4. The molecule has 9 heteroatoms. The third-order valence-corrected chi connectivity index (χ3v) is 6.27. The molecule has 0 radical (unpaired) electrons. The Balaban J connectivity index is 2.47. The molecular formula is C28H39N3O5S. The number of aliphatic hydroxyl groups is 1. The zero-order chi connectivity index (χ0) is 27.6. The number of rotatable bonds is 11. The molecule has 0 spiro atoms. The van der Waals surface area contributed by atoms with Crippen molar-refractivity contribution >= 4 is 35.4 Å². The van der Waals surface area contributed by atoms with Gasteiger partial charge in [0.05, 0.1) is 6.61 Å². The van der Waals surface area contributed by atoms with Crippen molar-refractivity contribution in [1.29, 1.82) is 0 Å². The van der Waals surface area contributed by atoms with Gasteiger partial charge in [-0.1, -0.05) is 48.5 Å². The summed E-state index contributed by atoms with van der Waals surface area (Å²) in [5.74, 6) is -0.283. The fourth-order valence-electron chi connectivity index (χ4n) is 3.93. The second kappa shape index (κ2) is 14.0. The summed E-state index contributed by atoms with van der Waals surface area (Å²) >= 11 is 1.54. The lowest BCUT2D eigenvalue weighted by Gasteiger charge is -2.34. The van der Waals surface area contributed by atoms with E-state index in [1.54, 1.807) is 45.0 Å². The number of hydrogen-bond donors (Lipinski definition) is 3. The van der Waals surface area contributed by atoms with E-state index in [4.69, 9.17) is 4.74 Å². The molecule has 2 aromatic carbocycles. The number of benzene rings is 2. The summed E-state index contributed by atoms with van der Waals surface area (Å²) < 4.78 is 5.38. The second-order valence-electron chi connectivity index (χ2n) is 9.80. The van der Waals surface area contributed by atoms with E-state index < -0.39 is 35.6 Å². The summed E-state index contributed by atoms with van der Waals surface area (Å²) in [7, 11) is 0. The molecule has 202 valence electrons. The predicted octanol–water partition coefficient (Wildman–Crippen LogP) is 4.45. The van der Waals surface area contributed by atoms with Crippen molar-refractivity contribution in [3.63, 3.8) is 0 Å². The molecule has 0 heterocycles. The molecule has 0 aliphatic rings. The molecule has 0 aliphatic carbocycles. The number of aryl methyl sites for hydroxylation is 2. The third-order valence-electron chi connectivity index (χ3n) is 5.63. The Morgan fingerprint density at radius 1 is 1.03 bits per heavy atom.